The number of rotatable bonds is 8. The van der Waals surface area contributed by atoms with Gasteiger partial charge in [-0.2, -0.15) is 0 Å². The van der Waals surface area contributed by atoms with Gasteiger partial charge in [-0.3, -0.25) is 4.79 Å². The van der Waals surface area contributed by atoms with E-state index in [2.05, 4.69) is 17.2 Å². The molecule has 1 atom stereocenters. The molecule has 0 aliphatic rings. The normalized spacial score (nSPS) is 13.6. The molecule has 0 saturated heterocycles. The molecule has 21 heavy (non-hydrogen) atoms. The van der Waals surface area contributed by atoms with Gasteiger partial charge in [0.15, 0.2) is 0 Å². The maximum absolute atomic E-state index is 12.4. The van der Waals surface area contributed by atoms with Crippen LogP contribution in [0.3, 0.4) is 0 Å². The van der Waals surface area contributed by atoms with E-state index >= 15 is 0 Å². The summed E-state index contributed by atoms with van der Waals surface area (Å²) in [6.45, 7) is 8.22. The molecule has 5 heteroatoms. The average molecular weight is 294 g/mol. The van der Waals surface area contributed by atoms with Crippen LogP contribution in [-0.4, -0.2) is 30.2 Å². The van der Waals surface area contributed by atoms with Gasteiger partial charge < -0.3 is 14.8 Å². The van der Waals surface area contributed by atoms with Crippen LogP contribution in [0.5, 0.6) is 5.88 Å². The first kappa shape index (κ1) is 17.4. The average Bonchev–Trinajstić information content (AvgIpc) is 2.47. The maximum atomic E-state index is 12.4. The van der Waals surface area contributed by atoms with Crippen LogP contribution in [0.2, 0.25) is 0 Å². The van der Waals surface area contributed by atoms with Crippen molar-refractivity contribution in [3.63, 3.8) is 0 Å². The molecule has 1 rings (SSSR count). The summed E-state index contributed by atoms with van der Waals surface area (Å²) >= 11 is 0. The molecular weight excluding hydrogens is 268 g/mol. The van der Waals surface area contributed by atoms with E-state index in [1.807, 2.05) is 20.8 Å². The third-order valence-electron chi connectivity index (χ3n) is 3.54. The molecule has 1 aromatic heterocycles. The lowest BCUT2D eigenvalue weighted by Crippen LogP contribution is -2.42. The van der Waals surface area contributed by atoms with Crippen LogP contribution in [0, 0.1) is 6.92 Å². The van der Waals surface area contributed by atoms with Crippen molar-refractivity contribution in [2.24, 2.45) is 0 Å². The molecule has 0 spiro atoms. The second-order valence-electron chi connectivity index (χ2n) is 5.21. The van der Waals surface area contributed by atoms with E-state index < -0.39 is 5.60 Å². The minimum Gasteiger partial charge on any atom is -0.478 e. The zero-order valence-corrected chi connectivity index (χ0v) is 13.7. The van der Waals surface area contributed by atoms with Crippen molar-refractivity contribution in [1.29, 1.82) is 0 Å². The van der Waals surface area contributed by atoms with Crippen molar-refractivity contribution < 1.29 is 14.3 Å². The molecule has 0 fully saturated rings. The Morgan fingerprint density at radius 1 is 1.38 bits per heavy atom. The lowest BCUT2D eigenvalue weighted by molar-refractivity contribution is -0.136. The van der Waals surface area contributed by atoms with Gasteiger partial charge >= 0.3 is 0 Å². The monoisotopic (exact) mass is 294 g/mol. The van der Waals surface area contributed by atoms with E-state index in [4.69, 9.17) is 9.47 Å². The first-order chi connectivity index (χ1) is 9.96. The van der Waals surface area contributed by atoms with Crippen LogP contribution in [0.4, 0.5) is 5.69 Å². The van der Waals surface area contributed by atoms with Crippen LogP contribution >= 0.6 is 0 Å². The van der Waals surface area contributed by atoms with Gasteiger partial charge in [0.2, 0.25) is 5.88 Å². The Hall–Kier alpha value is -1.62. The fraction of sp³-hybridized carbons (Fsp3) is 0.625. The van der Waals surface area contributed by atoms with E-state index in [9.17, 15) is 4.79 Å². The standard InChI is InChI=1S/C16H26N2O3/c1-6-8-11-16(4,20-5)15(19)18-13-9-10-14(21-7-2)17-12(13)3/h9-10H,6-8,11H2,1-5H3,(H,18,19)/t16-/m1/s1. The molecule has 1 heterocycles. The predicted molar refractivity (Wildman–Crippen MR) is 83.7 cm³/mol. The molecular formula is C16H26N2O3. The SMILES string of the molecule is CCCC[C@@](C)(OC)C(=O)Nc1ccc(OCC)nc1C. The summed E-state index contributed by atoms with van der Waals surface area (Å²) < 4.78 is 10.8. The first-order valence-corrected chi connectivity index (χ1v) is 7.43. The molecule has 0 radical (unpaired) electrons. The van der Waals surface area contributed by atoms with E-state index in [-0.39, 0.29) is 5.91 Å². The number of hydrogen-bond donors (Lipinski definition) is 1. The molecule has 0 saturated carbocycles. The van der Waals surface area contributed by atoms with Gasteiger partial charge in [0.1, 0.15) is 5.60 Å². The van der Waals surface area contributed by atoms with Gasteiger partial charge in [0.25, 0.3) is 5.91 Å². The summed E-state index contributed by atoms with van der Waals surface area (Å²) in [5, 5.41) is 2.90. The van der Waals surface area contributed by atoms with Crippen LogP contribution in [0.15, 0.2) is 12.1 Å². The van der Waals surface area contributed by atoms with Crippen LogP contribution in [0.1, 0.15) is 45.7 Å². The molecule has 0 aliphatic carbocycles. The van der Waals surface area contributed by atoms with Crippen LogP contribution < -0.4 is 10.1 Å². The number of anilines is 1. The quantitative estimate of drug-likeness (QED) is 0.799. The second-order valence-corrected chi connectivity index (χ2v) is 5.21. The molecule has 5 nitrogen and oxygen atoms in total. The number of nitrogens with one attached hydrogen (secondary N) is 1. The number of hydrogen-bond acceptors (Lipinski definition) is 4. The fourth-order valence-corrected chi connectivity index (χ4v) is 1.98. The third kappa shape index (κ3) is 4.70. The highest BCUT2D eigenvalue weighted by Crippen LogP contribution is 2.23. The number of unbranched alkanes of at least 4 members (excludes halogenated alkanes) is 1. The van der Waals surface area contributed by atoms with Crippen LogP contribution in [-0.2, 0) is 9.53 Å². The van der Waals surface area contributed by atoms with Crippen molar-refractivity contribution in [1.82, 2.24) is 4.98 Å². The summed E-state index contributed by atoms with van der Waals surface area (Å²) in [5.41, 5.74) is 0.590. The van der Waals surface area contributed by atoms with Gasteiger partial charge in [-0.05, 0) is 33.3 Å². The highest BCUT2D eigenvalue weighted by molar-refractivity contribution is 5.97. The second kappa shape index (κ2) is 7.98. The van der Waals surface area contributed by atoms with E-state index in [1.54, 1.807) is 19.2 Å². The van der Waals surface area contributed by atoms with E-state index in [0.29, 0.717) is 24.6 Å². The fourth-order valence-electron chi connectivity index (χ4n) is 1.98. The number of amides is 1. The molecule has 1 amide bonds. The van der Waals surface area contributed by atoms with Crippen molar-refractivity contribution >= 4 is 11.6 Å². The van der Waals surface area contributed by atoms with Gasteiger partial charge in [-0.1, -0.05) is 19.8 Å². The largest absolute Gasteiger partial charge is 0.478 e. The Morgan fingerprint density at radius 2 is 2.10 bits per heavy atom. The highest BCUT2D eigenvalue weighted by Gasteiger charge is 2.32. The first-order valence-electron chi connectivity index (χ1n) is 7.43. The summed E-state index contributed by atoms with van der Waals surface area (Å²) in [7, 11) is 1.57. The summed E-state index contributed by atoms with van der Waals surface area (Å²) in [6, 6.07) is 3.56. The van der Waals surface area contributed by atoms with Gasteiger partial charge in [-0.25, -0.2) is 4.98 Å². The zero-order chi connectivity index (χ0) is 15.9. The van der Waals surface area contributed by atoms with Gasteiger partial charge in [0, 0.05) is 13.2 Å². The van der Waals surface area contributed by atoms with E-state index in [0.717, 1.165) is 18.5 Å². The van der Waals surface area contributed by atoms with Crippen molar-refractivity contribution in [3.05, 3.63) is 17.8 Å². The Labute approximate surface area is 127 Å². The van der Waals surface area contributed by atoms with Crippen molar-refractivity contribution in [2.75, 3.05) is 19.0 Å². The lowest BCUT2D eigenvalue weighted by Gasteiger charge is -2.27. The topological polar surface area (TPSA) is 60.5 Å². The zero-order valence-electron chi connectivity index (χ0n) is 13.7. The molecule has 0 unspecified atom stereocenters. The van der Waals surface area contributed by atoms with Gasteiger partial charge in [0.05, 0.1) is 18.0 Å². The minimum absolute atomic E-state index is 0.146. The number of nitrogens with zero attached hydrogens (tertiary/aromatic N) is 1. The Kier molecular flexibility index (Phi) is 6.62. The highest BCUT2D eigenvalue weighted by atomic mass is 16.5. The maximum Gasteiger partial charge on any atom is 0.256 e. The molecule has 0 bridgehead atoms. The van der Waals surface area contributed by atoms with Crippen molar-refractivity contribution in [2.45, 2.75) is 52.6 Å². The molecule has 0 aliphatic heterocycles. The Morgan fingerprint density at radius 3 is 2.62 bits per heavy atom. The van der Waals surface area contributed by atoms with Crippen LogP contribution in [0.25, 0.3) is 0 Å². The number of carbonyl (C=O) groups is 1. The molecule has 1 aromatic rings. The number of ether oxygens (including phenoxy) is 2. The molecule has 1 N–H and O–H groups in total. The van der Waals surface area contributed by atoms with Crippen molar-refractivity contribution in [3.8, 4) is 5.88 Å². The Bertz CT molecular complexity index is 477. The summed E-state index contributed by atoms with van der Waals surface area (Å²) in [5.74, 6) is 0.418. The van der Waals surface area contributed by atoms with E-state index in [1.165, 1.54) is 0 Å². The lowest BCUT2D eigenvalue weighted by atomic mass is 9.97. The summed E-state index contributed by atoms with van der Waals surface area (Å²) in [6.07, 6.45) is 2.66. The number of aromatic nitrogens is 1. The number of pyridine rings is 1. The molecule has 118 valence electrons. The summed E-state index contributed by atoms with van der Waals surface area (Å²) in [4.78, 5) is 16.7. The third-order valence-corrected chi connectivity index (χ3v) is 3.54. The van der Waals surface area contributed by atoms with Gasteiger partial charge in [-0.15, -0.1) is 0 Å². The number of methoxy groups -OCH3 is 1. The Balaban J connectivity index is 2.81. The molecule has 0 aromatic carbocycles. The number of carbonyl (C=O) groups excluding carboxylic acids is 1. The number of aryl methyl sites for hydroxylation is 1. The smallest absolute Gasteiger partial charge is 0.256 e. The predicted octanol–water partition coefficient (Wildman–Crippen LogP) is 3.32. The minimum atomic E-state index is -0.818.